The minimum absolute atomic E-state index is 0.0479. The lowest BCUT2D eigenvalue weighted by molar-refractivity contribution is -0.154. The summed E-state index contributed by atoms with van der Waals surface area (Å²) in [4.78, 5) is 44.6. The maximum absolute atomic E-state index is 14.3. The fourth-order valence-electron chi connectivity index (χ4n) is 6.06. The fraction of sp³-hybridized carbons (Fsp3) is 0.536. The van der Waals surface area contributed by atoms with Crippen LogP contribution in [0.1, 0.15) is 38.5 Å². The van der Waals surface area contributed by atoms with Crippen molar-refractivity contribution < 1.29 is 24.2 Å². The third kappa shape index (κ3) is 5.20. The Kier molecular flexibility index (Phi) is 9.03. The Labute approximate surface area is 227 Å². The molecular weight excluding hydrogens is 512 g/mol. The zero-order chi connectivity index (χ0) is 26.6. The number of fused-ring (bicyclic) bond motifs is 1. The SMILES string of the molecule is C=CCCCCOC(=O)[C@@H]1[C@H]2C(=O)N(CCCO)C(C(=O)N(CC=C)c3ccc(Cl)cc3)C23CC[C@H]1S3. The van der Waals surface area contributed by atoms with E-state index in [2.05, 4.69) is 13.2 Å². The van der Waals surface area contributed by atoms with Gasteiger partial charge in [0.15, 0.2) is 0 Å². The molecule has 2 bridgehead atoms. The molecule has 0 saturated carbocycles. The molecule has 1 aromatic rings. The summed E-state index contributed by atoms with van der Waals surface area (Å²) < 4.78 is 4.94. The monoisotopic (exact) mass is 546 g/mol. The van der Waals surface area contributed by atoms with E-state index < -0.39 is 22.6 Å². The molecule has 3 saturated heterocycles. The van der Waals surface area contributed by atoms with Gasteiger partial charge in [-0.1, -0.05) is 23.8 Å². The molecule has 3 aliphatic rings. The third-order valence-electron chi connectivity index (χ3n) is 7.63. The Hall–Kier alpha value is -2.29. The number of amides is 2. The lowest BCUT2D eigenvalue weighted by atomic mass is 9.71. The zero-order valence-corrected chi connectivity index (χ0v) is 22.6. The van der Waals surface area contributed by atoms with E-state index in [1.165, 1.54) is 0 Å². The number of aliphatic hydroxyl groups excluding tert-OH is 1. The Morgan fingerprint density at radius 3 is 2.65 bits per heavy atom. The van der Waals surface area contributed by atoms with E-state index in [4.69, 9.17) is 16.3 Å². The Morgan fingerprint density at radius 2 is 1.97 bits per heavy atom. The molecule has 3 heterocycles. The average molecular weight is 547 g/mol. The van der Waals surface area contributed by atoms with Gasteiger partial charge in [0, 0.05) is 35.7 Å². The molecule has 1 N–H and O–H groups in total. The lowest BCUT2D eigenvalue weighted by Gasteiger charge is -2.37. The third-order valence-corrected chi connectivity index (χ3v) is 9.83. The summed E-state index contributed by atoms with van der Waals surface area (Å²) in [5, 5.41) is 10.0. The standard InChI is InChI=1S/C28H35ClN2O5S/c1-3-5-6-7-18-36-27(35)22-21-13-14-28(37-21)23(22)25(33)31(16-8-17-32)24(28)26(34)30(15-4-2)20-11-9-19(29)10-12-20/h3-4,9-12,21-24,32H,1-2,5-8,13-18H2/t21-,22+,23+,24?,28?/m1/s1. The number of hydrogen-bond acceptors (Lipinski definition) is 6. The van der Waals surface area contributed by atoms with Gasteiger partial charge in [0.1, 0.15) is 6.04 Å². The number of benzene rings is 1. The van der Waals surface area contributed by atoms with E-state index in [1.807, 2.05) is 6.08 Å². The highest BCUT2D eigenvalue weighted by molar-refractivity contribution is 8.02. The number of nitrogens with zero attached hydrogens (tertiary/aromatic N) is 2. The lowest BCUT2D eigenvalue weighted by Crippen LogP contribution is -2.55. The van der Waals surface area contributed by atoms with Gasteiger partial charge in [-0.05, 0) is 62.8 Å². The Balaban J connectivity index is 1.64. The number of aliphatic hydroxyl groups is 1. The van der Waals surface area contributed by atoms with E-state index in [0.29, 0.717) is 30.2 Å². The normalized spacial score (nSPS) is 27.7. The van der Waals surface area contributed by atoms with Crippen LogP contribution in [-0.4, -0.2) is 70.1 Å². The maximum Gasteiger partial charge on any atom is 0.310 e. The van der Waals surface area contributed by atoms with Crippen molar-refractivity contribution in [3.63, 3.8) is 0 Å². The summed E-state index contributed by atoms with van der Waals surface area (Å²) in [7, 11) is 0. The molecule has 37 heavy (non-hydrogen) atoms. The highest BCUT2D eigenvalue weighted by Crippen LogP contribution is 2.66. The van der Waals surface area contributed by atoms with Crippen molar-refractivity contribution >= 4 is 46.8 Å². The van der Waals surface area contributed by atoms with Crippen LogP contribution in [0.2, 0.25) is 5.02 Å². The van der Waals surface area contributed by atoms with Crippen LogP contribution < -0.4 is 4.90 Å². The number of carbonyl (C=O) groups is 3. The molecule has 0 aliphatic carbocycles. The van der Waals surface area contributed by atoms with E-state index in [1.54, 1.807) is 51.9 Å². The van der Waals surface area contributed by atoms with Crippen LogP contribution in [-0.2, 0) is 19.1 Å². The Morgan fingerprint density at radius 1 is 1.22 bits per heavy atom. The van der Waals surface area contributed by atoms with Crippen molar-refractivity contribution in [1.29, 1.82) is 0 Å². The van der Waals surface area contributed by atoms with Crippen LogP contribution in [0.5, 0.6) is 0 Å². The van der Waals surface area contributed by atoms with E-state index in [9.17, 15) is 19.5 Å². The zero-order valence-electron chi connectivity index (χ0n) is 21.0. The van der Waals surface area contributed by atoms with Gasteiger partial charge >= 0.3 is 5.97 Å². The minimum Gasteiger partial charge on any atom is -0.465 e. The van der Waals surface area contributed by atoms with Crippen molar-refractivity contribution in [2.45, 2.75) is 54.6 Å². The van der Waals surface area contributed by atoms with Gasteiger partial charge in [0.05, 0.1) is 23.2 Å². The highest BCUT2D eigenvalue weighted by Gasteiger charge is 2.74. The molecular formula is C28H35ClN2O5S. The molecule has 2 amide bonds. The summed E-state index contributed by atoms with van der Waals surface area (Å²) >= 11 is 7.69. The molecule has 7 nitrogen and oxygen atoms in total. The van der Waals surface area contributed by atoms with Crippen molar-refractivity contribution in [1.82, 2.24) is 4.90 Å². The number of rotatable bonds is 13. The second-order valence-electron chi connectivity index (χ2n) is 9.83. The number of thioether (sulfide) groups is 1. The van der Waals surface area contributed by atoms with Crippen LogP contribution >= 0.6 is 23.4 Å². The predicted molar refractivity (Wildman–Crippen MR) is 147 cm³/mol. The molecule has 0 radical (unpaired) electrons. The van der Waals surface area contributed by atoms with Gasteiger partial charge in [-0.25, -0.2) is 0 Å². The quantitative estimate of drug-likeness (QED) is 0.226. The number of esters is 1. The first-order chi connectivity index (χ1) is 17.9. The first-order valence-electron chi connectivity index (χ1n) is 12.9. The minimum atomic E-state index is -0.743. The number of anilines is 1. The number of allylic oxidation sites excluding steroid dienone is 1. The van der Waals surface area contributed by atoms with Crippen molar-refractivity contribution in [3.05, 3.63) is 54.6 Å². The number of hydrogen-bond donors (Lipinski definition) is 1. The van der Waals surface area contributed by atoms with E-state index in [-0.39, 0.29) is 42.7 Å². The summed E-state index contributed by atoms with van der Waals surface area (Å²) in [6.45, 7) is 8.28. The summed E-state index contributed by atoms with van der Waals surface area (Å²) in [5.41, 5.74) is 0.664. The van der Waals surface area contributed by atoms with Crippen molar-refractivity contribution in [3.8, 4) is 0 Å². The van der Waals surface area contributed by atoms with Crippen molar-refractivity contribution in [2.24, 2.45) is 11.8 Å². The average Bonchev–Trinajstić information content (AvgIpc) is 3.53. The predicted octanol–water partition coefficient (Wildman–Crippen LogP) is 4.23. The largest absolute Gasteiger partial charge is 0.465 e. The molecule has 2 unspecified atom stereocenters. The van der Waals surface area contributed by atoms with Gasteiger partial charge in [0.2, 0.25) is 5.91 Å². The number of unbranched alkanes of at least 4 members (excludes halogenated alkanes) is 2. The van der Waals surface area contributed by atoms with E-state index >= 15 is 0 Å². The Bertz CT molecular complexity index is 1030. The number of likely N-dealkylation sites (tertiary alicyclic amines) is 1. The van der Waals surface area contributed by atoms with Crippen LogP contribution in [0.15, 0.2) is 49.6 Å². The van der Waals surface area contributed by atoms with Crippen molar-refractivity contribution in [2.75, 3.05) is 31.2 Å². The molecule has 3 fully saturated rings. The van der Waals surface area contributed by atoms with Crippen LogP contribution in [0.4, 0.5) is 5.69 Å². The van der Waals surface area contributed by atoms with Gasteiger partial charge in [0.25, 0.3) is 5.91 Å². The van der Waals surface area contributed by atoms with Crippen LogP contribution in [0.25, 0.3) is 0 Å². The van der Waals surface area contributed by atoms with E-state index in [0.717, 1.165) is 25.7 Å². The number of halogens is 1. The molecule has 1 spiro atoms. The van der Waals surface area contributed by atoms with Crippen LogP contribution in [0, 0.1) is 11.8 Å². The topological polar surface area (TPSA) is 87.1 Å². The molecule has 4 rings (SSSR count). The molecule has 1 aromatic carbocycles. The maximum atomic E-state index is 14.3. The first-order valence-corrected chi connectivity index (χ1v) is 14.2. The second kappa shape index (κ2) is 12.0. The summed E-state index contributed by atoms with van der Waals surface area (Å²) in [6.07, 6.45) is 7.78. The smallest absolute Gasteiger partial charge is 0.310 e. The van der Waals surface area contributed by atoms with Gasteiger partial charge in [-0.2, -0.15) is 0 Å². The van der Waals surface area contributed by atoms with Gasteiger partial charge < -0.3 is 19.6 Å². The molecule has 9 heteroatoms. The number of ether oxygens (including phenoxy) is 1. The molecule has 5 atom stereocenters. The van der Waals surface area contributed by atoms with Crippen LogP contribution in [0.3, 0.4) is 0 Å². The van der Waals surface area contributed by atoms with Gasteiger partial charge in [-0.3, -0.25) is 14.4 Å². The molecule has 0 aromatic heterocycles. The second-order valence-corrected chi connectivity index (χ2v) is 11.9. The summed E-state index contributed by atoms with van der Waals surface area (Å²) in [5.74, 6) is -1.91. The number of carbonyl (C=O) groups excluding carboxylic acids is 3. The summed E-state index contributed by atoms with van der Waals surface area (Å²) in [6, 6.07) is 6.26. The van der Waals surface area contributed by atoms with Gasteiger partial charge in [-0.15, -0.1) is 24.9 Å². The fourth-order valence-corrected chi connectivity index (χ4v) is 8.39. The highest BCUT2D eigenvalue weighted by atomic mass is 35.5. The molecule has 3 aliphatic heterocycles. The molecule has 200 valence electrons. The first kappa shape index (κ1) is 27.7.